The quantitative estimate of drug-likeness (QED) is 0.813. The van der Waals surface area contributed by atoms with Crippen LogP contribution in [0.1, 0.15) is 5.56 Å². The summed E-state index contributed by atoms with van der Waals surface area (Å²) in [7, 11) is 0. The fourth-order valence-electron chi connectivity index (χ4n) is 2.81. The van der Waals surface area contributed by atoms with Crippen LogP contribution < -0.4 is 0 Å². The third-order valence-corrected chi connectivity index (χ3v) is 4.23. The minimum atomic E-state index is 0.128. The van der Waals surface area contributed by atoms with E-state index in [1.165, 1.54) is 5.56 Å². The van der Waals surface area contributed by atoms with Crippen molar-refractivity contribution in [3.63, 3.8) is 0 Å². The van der Waals surface area contributed by atoms with Crippen molar-refractivity contribution >= 4 is 12.3 Å². The van der Waals surface area contributed by atoms with Gasteiger partial charge in [0.15, 0.2) is 0 Å². The molecule has 0 bridgehead atoms. The van der Waals surface area contributed by atoms with Gasteiger partial charge in [0.25, 0.3) is 0 Å². The second-order valence-corrected chi connectivity index (χ2v) is 5.76. The van der Waals surface area contributed by atoms with Gasteiger partial charge < -0.3 is 9.80 Å². The van der Waals surface area contributed by atoms with Crippen molar-refractivity contribution in [2.75, 3.05) is 26.2 Å². The smallest absolute Gasteiger partial charge is 0.227 e. The van der Waals surface area contributed by atoms with Crippen LogP contribution >= 0.6 is 0 Å². The first-order valence-electron chi connectivity index (χ1n) is 7.88. The summed E-state index contributed by atoms with van der Waals surface area (Å²) in [5.41, 5.74) is 3.35. The molecular formula is C19H20N2O2. The van der Waals surface area contributed by atoms with Gasteiger partial charge in [-0.1, -0.05) is 54.6 Å². The molecule has 1 saturated heterocycles. The predicted octanol–water partition coefficient (Wildman–Crippen LogP) is 2.20. The number of rotatable bonds is 4. The van der Waals surface area contributed by atoms with Crippen molar-refractivity contribution in [2.24, 2.45) is 0 Å². The van der Waals surface area contributed by atoms with Crippen LogP contribution in [0.2, 0.25) is 0 Å². The lowest BCUT2D eigenvalue weighted by Gasteiger charge is -2.32. The summed E-state index contributed by atoms with van der Waals surface area (Å²) in [6.45, 7) is 2.50. The summed E-state index contributed by atoms with van der Waals surface area (Å²) >= 11 is 0. The molecule has 23 heavy (non-hydrogen) atoms. The van der Waals surface area contributed by atoms with E-state index in [-0.39, 0.29) is 5.91 Å². The van der Waals surface area contributed by atoms with E-state index >= 15 is 0 Å². The average Bonchev–Trinajstić information content (AvgIpc) is 2.63. The Labute approximate surface area is 136 Å². The van der Waals surface area contributed by atoms with Crippen LogP contribution in [-0.4, -0.2) is 48.3 Å². The molecule has 0 radical (unpaired) electrons. The minimum absolute atomic E-state index is 0.128. The highest BCUT2D eigenvalue weighted by Gasteiger charge is 2.20. The van der Waals surface area contributed by atoms with Gasteiger partial charge in [-0.3, -0.25) is 9.59 Å². The van der Waals surface area contributed by atoms with Crippen LogP contribution in [0.3, 0.4) is 0 Å². The summed E-state index contributed by atoms with van der Waals surface area (Å²) in [4.78, 5) is 26.6. The highest BCUT2D eigenvalue weighted by atomic mass is 16.2. The summed E-state index contributed by atoms with van der Waals surface area (Å²) in [6, 6.07) is 18.3. The van der Waals surface area contributed by atoms with Gasteiger partial charge in [0.2, 0.25) is 12.3 Å². The summed E-state index contributed by atoms with van der Waals surface area (Å²) in [5, 5.41) is 0. The summed E-state index contributed by atoms with van der Waals surface area (Å²) in [5.74, 6) is 0.128. The van der Waals surface area contributed by atoms with Gasteiger partial charge in [-0.25, -0.2) is 0 Å². The van der Waals surface area contributed by atoms with Crippen LogP contribution in [-0.2, 0) is 16.0 Å². The normalized spacial score (nSPS) is 14.6. The monoisotopic (exact) mass is 308 g/mol. The Bertz CT molecular complexity index is 660. The standard InChI is InChI=1S/C19H20N2O2/c22-15-20-10-12-21(13-11-20)19(23)14-16-6-8-18(9-7-16)17-4-2-1-3-5-17/h1-9,15H,10-14H2. The average molecular weight is 308 g/mol. The zero-order chi connectivity index (χ0) is 16.1. The van der Waals surface area contributed by atoms with Crippen molar-refractivity contribution in [3.05, 3.63) is 60.2 Å². The minimum Gasteiger partial charge on any atom is -0.342 e. The highest BCUT2D eigenvalue weighted by Crippen LogP contribution is 2.19. The molecule has 0 unspecified atom stereocenters. The number of nitrogens with zero attached hydrogens (tertiary/aromatic N) is 2. The largest absolute Gasteiger partial charge is 0.342 e. The molecule has 2 aromatic rings. The topological polar surface area (TPSA) is 40.6 Å². The lowest BCUT2D eigenvalue weighted by atomic mass is 10.0. The van der Waals surface area contributed by atoms with E-state index in [0.717, 1.165) is 17.5 Å². The summed E-state index contributed by atoms with van der Waals surface area (Å²) in [6.07, 6.45) is 1.26. The van der Waals surface area contributed by atoms with E-state index in [2.05, 4.69) is 24.3 Å². The number of carbonyl (C=O) groups is 2. The van der Waals surface area contributed by atoms with E-state index in [1.54, 1.807) is 4.90 Å². The van der Waals surface area contributed by atoms with Gasteiger partial charge in [-0.2, -0.15) is 0 Å². The van der Waals surface area contributed by atoms with Gasteiger partial charge in [0, 0.05) is 26.2 Å². The molecule has 2 amide bonds. The van der Waals surface area contributed by atoms with Crippen molar-refractivity contribution < 1.29 is 9.59 Å². The SMILES string of the molecule is O=CN1CCN(C(=O)Cc2ccc(-c3ccccc3)cc2)CC1. The third-order valence-electron chi connectivity index (χ3n) is 4.23. The molecule has 1 aliphatic rings. The molecule has 0 aromatic heterocycles. The van der Waals surface area contributed by atoms with E-state index < -0.39 is 0 Å². The first kappa shape index (κ1) is 15.3. The number of piperazine rings is 1. The second kappa shape index (κ2) is 7.09. The molecule has 118 valence electrons. The van der Waals surface area contributed by atoms with Crippen LogP contribution in [0.4, 0.5) is 0 Å². The Morgan fingerprint density at radius 3 is 2.09 bits per heavy atom. The maximum Gasteiger partial charge on any atom is 0.227 e. The maximum atomic E-state index is 12.3. The number of benzene rings is 2. The molecule has 1 heterocycles. The van der Waals surface area contributed by atoms with E-state index in [0.29, 0.717) is 32.6 Å². The highest BCUT2D eigenvalue weighted by molar-refractivity contribution is 5.79. The molecule has 0 saturated carbocycles. The number of hydrogen-bond donors (Lipinski definition) is 0. The number of amides is 2. The molecule has 0 N–H and O–H groups in total. The van der Waals surface area contributed by atoms with Crippen molar-refractivity contribution in [2.45, 2.75) is 6.42 Å². The van der Waals surface area contributed by atoms with Crippen molar-refractivity contribution in [1.82, 2.24) is 9.80 Å². The van der Waals surface area contributed by atoms with Crippen LogP contribution in [0, 0.1) is 0 Å². The van der Waals surface area contributed by atoms with E-state index in [1.807, 2.05) is 35.2 Å². The first-order chi connectivity index (χ1) is 11.3. The lowest BCUT2D eigenvalue weighted by Crippen LogP contribution is -2.48. The molecule has 0 aliphatic carbocycles. The molecule has 3 rings (SSSR count). The molecule has 1 aliphatic heterocycles. The Balaban J connectivity index is 1.60. The van der Waals surface area contributed by atoms with Crippen LogP contribution in [0.15, 0.2) is 54.6 Å². The maximum absolute atomic E-state index is 12.3. The Morgan fingerprint density at radius 2 is 1.48 bits per heavy atom. The van der Waals surface area contributed by atoms with Gasteiger partial charge in [0.1, 0.15) is 0 Å². The predicted molar refractivity (Wildman–Crippen MR) is 89.8 cm³/mol. The zero-order valence-corrected chi connectivity index (χ0v) is 13.0. The van der Waals surface area contributed by atoms with Gasteiger partial charge in [-0.05, 0) is 16.7 Å². The number of hydrogen-bond acceptors (Lipinski definition) is 2. The van der Waals surface area contributed by atoms with Crippen molar-refractivity contribution in [3.8, 4) is 11.1 Å². The third kappa shape index (κ3) is 3.77. The fraction of sp³-hybridized carbons (Fsp3) is 0.263. The Morgan fingerprint density at radius 1 is 0.870 bits per heavy atom. The molecule has 4 nitrogen and oxygen atoms in total. The Hall–Kier alpha value is -2.62. The van der Waals surface area contributed by atoms with E-state index in [9.17, 15) is 9.59 Å². The molecule has 2 aromatic carbocycles. The van der Waals surface area contributed by atoms with Gasteiger partial charge in [-0.15, -0.1) is 0 Å². The zero-order valence-electron chi connectivity index (χ0n) is 13.0. The van der Waals surface area contributed by atoms with Gasteiger partial charge in [0.05, 0.1) is 6.42 Å². The second-order valence-electron chi connectivity index (χ2n) is 5.76. The first-order valence-corrected chi connectivity index (χ1v) is 7.88. The van der Waals surface area contributed by atoms with Crippen LogP contribution in [0.5, 0.6) is 0 Å². The van der Waals surface area contributed by atoms with E-state index in [4.69, 9.17) is 0 Å². The molecular weight excluding hydrogens is 288 g/mol. The van der Waals surface area contributed by atoms with Gasteiger partial charge >= 0.3 is 0 Å². The molecule has 0 atom stereocenters. The Kier molecular flexibility index (Phi) is 4.71. The van der Waals surface area contributed by atoms with Crippen LogP contribution in [0.25, 0.3) is 11.1 Å². The number of carbonyl (C=O) groups excluding carboxylic acids is 2. The molecule has 4 heteroatoms. The van der Waals surface area contributed by atoms with Crippen molar-refractivity contribution in [1.29, 1.82) is 0 Å². The lowest BCUT2D eigenvalue weighted by molar-refractivity contribution is -0.134. The molecule has 1 fully saturated rings. The summed E-state index contributed by atoms with van der Waals surface area (Å²) < 4.78 is 0. The fourth-order valence-corrected chi connectivity index (χ4v) is 2.81. The molecule has 0 spiro atoms.